The van der Waals surface area contributed by atoms with Gasteiger partial charge in [0, 0.05) is 30.1 Å². The van der Waals surface area contributed by atoms with Gasteiger partial charge in [-0.3, -0.25) is 9.69 Å². The van der Waals surface area contributed by atoms with Gasteiger partial charge in [-0.1, -0.05) is 23.2 Å². The fraction of sp³-hybridized carbons (Fsp3) is 0.450. The molecule has 4 rings (SSSR count). The van der Waals surface area contributed by atoms with Crippen molar-refractivity contribution in [1.29, 1.82) is 0 Å². The Bertz CT molecular complexity index is 977. The molecule has 1 aromatic carbocycles. The van der Waals surface area contributed by atoms with Gasteiger partial charge in [0.25, 0.3) is 5.91 Å². The van der Waals surface area contributed by atoms with Gasteiger partial charge in [-0.15, -0.1) is 11.3 Å². The van der Waals surface area contributed by atoms with Crippen molar-refractivity contribution in [3.8, 4) is 11.5 Å². The first-order chi connectivity index (χ1) is 13.8. The third kappa shape index (κ3) is 3.54. The van der Waals surface area contributed by atoms with Crippen LogP contribution >= 0.6 is 34.5 Å². The zero-order valence-electron chi connectivity index (χ0n) is 16.4. The summed E-state index contributed by atoms with van der Waals surface area (Å²) in [4.78, 5) is 16.6. The first-order valence-electron chi connectivity index (χ1n) is 9.61. The number of anilines is 1. The van der Waals surface area contributed by atoms with Crippen molar-refractivity contribution in [3.05, 3.63) is 37.7 Å². The molecule has 2 aliphatic rings. The Hall–Kier alpha value is -1.67. The second-order valence-electron chi connectivity index (χ2n) is 7.44. The number of halogens is 2. The highest BCUT2D eigenvalue weighted by molar-refractivity contribution is 7.16. The number of phenols is 1. The topological polar surface area (TPSA) is 73.8 Å². The number of ether oxygens (including phenoxy) is 1. The molecular weight excluding hydrogens is 433 g/mol. The van der Waals surface area contributed by atoms with Crippen LogP contribution in [0.3, 0.4) is 0 Å². The van der Waals surface area contributed by atoms with Crippen molar-refractivity contribution >= 4 is 45.4 Å². The van der Waals surface area contributed by atoms with E-state index in [-0.39, 0.29) is 27.5 Å². The van der Waals surface area contributed by atoms with Crippen LogP contribution in [0, 0.1) is 0 Å². The predicted octanol–water partition coefficient (Wildman–Crippen LogP) is 4.78. The molecule has 3 N–H and O–H groups in total. The number of carbonyl (C=O) groups is 1. The maximum Gasteiger partial charge on any atom is 0.256 e. The van der Waals surface area contributed by atoms with E-state index in [4.69, 9.17) is 27.9 Å². The molecule has 0 saturated carbocycles. The van der Waals surface area contributed by atoms with Crippen LogP contribution in [0.1, 0.15) is 53.3 Å². The van der Waals surface area contributed by atoms with Crippen molar-refractivity contribution in [2.24, 2.45) is 0 Å². The van der Waals surface area contributed by atoms with Crippen LogP contribution in [0.15, 0.2) is 6.07 Å². The quantitative estimate of drug-likeness (QED) is 0.618. The summed E-state index contributed by atoms with van der Waals surface area (Å²) in [5.74, 6) is -0.0701. The number of amides is 1. The Kier molecular flexibility index (Phi) is 5.59. The van der Waals surface area contributed by atoms with Crippen LogP contribution in [-0.4, -0.2) is 35.1 Å². The van der Waals surface area contributed by atoms with Gasteiger partial charge in [0.1, 0.15) is 11.2 Å². The summed E-state index contributed by atoms with van der Waals surface area (Å²) in [6, 6.07) is 1.93. The number of benzene rings is 1. The van der Waals surface area contributed by atoms with E-state index in [9.17, 15) is 9.90 Å². The number of phenolic OH excluding ortho intramolecular Hbond substituents is 1. The van der Waals surface area contributed by atoms with Gasteiger partial charge in [0.15, 0.2) is 11.5 Å². The first-order valence-corrected chi connectivity index (χ1v) is 11.2. The van der Waals surface area contributed by atoms with Crippen molar-refractivity contribution in [2.75, 3.05) is 18.5 Å². The summed E-state index contributed by atoms with van der Waals surface area (Å²) in [5, 5.41) is 18.2. The van der Waals surface area contributed by atoms with Crippen LogP contribution in [-0.2, 0) is 13.0 Å². The predicted molar refractivity (Wildman–Crippen MR) is 117 cm³/mol. The minimum atomic E-state index is -0.707. The molecule has 0 fully saturated rings. The fourth-order valence-electron chi connectivity index (χ4n) is 3.86. The molecule has 0 spiro atoms. The van der Waals surface area contributed by atoms with E-state index in [1.807, 2.05) is 6.92 Å². The second-order valence-corrected chi connectivity index (χ2v) is 9.33. The molecule has 1 aromatic heterocycles. The van der Waals surface area contributed by atoms with E-state index in [1.54, 1.807) is 11.3 Å². The Morgan fingerprint density at radius 3 is 2.83 bits per heavy atom. The fourth-order valence-corrected chi connectivity index (χ4v) is 5.61. The van der Waals surface area contributed by atoms with Gasteiger partial charge in [0.05, 0.1) is 27.8 Å². The van der Waals surface area contributed by atoms with Gasteiger partial charge in [0.2, 0.25) is 0 Å². The summed E-state index contributed by atoms with van der Waals surface area (Å²) in [5.41, 5.74) is 2.12. The largest absolute Gasteiger partial charge is 0.504 e. The van der Waals surface area contributed by atoms with E-state index < -0.39 is 6.17 Å². The number of fused-ring (bicyclic) bond motifs is 3. The number of hydrogen-bond donors (Lipinski definition) is 3. The highest BCUT2D eigenvalue weighted by Gasteiger charge is 2.36. The summed E-state index contributed by atoms with van der Waals surface area (Å²) in [7, 11) is 0. The number of nitrogens with zero attached hydrogens (tertiary/aromatic N) is 1. The molecule has 156 valence electrons. The van der Waals surface area contributed by atoms with Crippen molar-refractivity contribution in [2.45, 2.75) is 45.9 Å². The lowest BCUT2D eigenvalue weighted by molar-refractivity contribution is 0.0934. The number of carbonyl (C=O) groups excluding carboxylic acids is 1. The molecule has 1 amide bonds. The summed E-state index contributed by atoms with van der Waals surface area (Å²) < 4.78 is 5.46. The minimum absolute atomic E-state index is 0.130. The molecule has 1 unspecified atom stereocenters. The van der Waals surface area contributed by atoms with Gasteiger partial charge in [-0.25, -0.2) is 0 Å². The molecule has 9 heteroatoms. The zero-order chi connectivity index (χ0) is 20.9. The maximum absolute atomic E-state index is 13.0. The Balaban J connectivity index is 1.72. The van der Waals surface area contributed by atoms with Gasteiger partial charge in [-0.05, 0) is 32.8 Å². The minimum Gasteiger partial charge on any atom is -0.504 e. The van der Waals surface area contributed by atoms with Crippen LogP contribution in [0.5, 0.6) is 11.5 Å². The Morgan fingerprint density at radius 2 is 2.14 bits per heavy atom. The molecule has 0 aliphatic carbocycles. The number of rotatable bonds is 4. The lowest BCUT2D eigenvalue weighted by atomic mass is 9.99. The first kappa shape index (κ1) is 20.6. The van der Waals surface area contributed by atoms with Crippen molar-refractivity contribution < 1.29 is 14.6 Å². The summed E-state index contributed by atoms with van der Waals surface area (Å²) in [6.07, 6.45) is 0.137. The molecular formula is C20H23Cl2N3O3S. The molecule has 3 heterocycles. The monoisotopic (exact) mass is 455 g/mol. The van der Waals surface area contributed by atoms with E-state index in [1.165, 1.54) is 10.9 Å². The molecule has 0 bridgehead atoms. The second kappa shape index (κ2) is 7.87. The Morgan fingerprint density at radius 1 is 1.38 bits per heavy atom. The average Bonchev–Trinajstić information content (AvgIpc) is 3.04. The SMILES string of the molecule is CCOc1cc(Cl)c(Cl)c(C2NC(=O)c3c(sc4c3CCN(C(C)C)C4)N2)c1O. The zero-order valence-corrected chi connectivity index (χ0v) is 18.8. The molecule has 0 saturated heterocycles. The van der Waals surface area contributed by atoms with Crippen LogP contribution in [0.25, 0.3) is 0 Å². The lowest BCUT2D eigenvalue weighted by Crippen LogP contribution is -2.39. The van der Waals surface area contributed by atoms with Crippen LogP contribution < -0.4 is 15.4 Å². The highest BCUT2D eigenvalue weighted by Crippen LogP contribution is 2.47. The Labute approximate surface area is 183 Å². The third-order valence-electron chi connectivity index (χ3n) is 5.38. The summed E-state index contributed by atoms with van der Waals surface area (Å²) >= 11 is 14.2. The third-order valence-corrected chi connectivity index (χ3v) is 7.33. The average molecular weight is 456 g/mol. The number of nitrogens with one attached hydrogen (secondary N) is 2. The standard InChI is InChI=1S/C20H23Cl2N3O3S/c1-4-28-12-7-11(21)16(22)15(17(12)26)18-23-19(27)14-10-5-6-25(9(2)3)8-13(10)29-20(14)24-18/h7,9,18,24,26H,4-6,8H2,1-3H3,(H,23,27). The van der Waals surface area contributed by atoms with Crippen molar-refractivity contribution in [1.82, 2.24) is 10.2 Å². The maximum atomic E-state index is 13.0. The van der Waals surface area contributed by atoms with Gasteiger partial charge in [-0.2, -0.15) is 0 Å². The van der Waals surface area contributed by atoms with E-state index >= 15 is 0 Å². The summed E-state index contributed by atoms with van der Waals surface area (Å²) in [6.45, 7) is 8.30. The molecule has 2 aromatic rings. The van der Waals surface area contributed by atoms with E-state index in [0.29, 0.717) is 23.8 Å². The smallest absolute Gasteiger partial charge is 0.256 e. The lowest BCUT2D eigenvalue weighted by Gasteiger charge is -2.31. The normalized spacial score (nSPS) is 18.8. The number of hydrogen-bond acceptors (Lipinski definition) is 6. The molecule has 0 radical (unpaired) electrons. The van der Waals surface area contributed by atoms with Crippen LogP contribution in [0.4, 0.5) is 5.00 Å². The molecule has 29 heavy (non-hydrogen) atoms. The number of thiophene rings is 1. The molecule has 1 atom stereocenters. The molecule has 2 aliphatic heterocycles. The van der Waals surface area contributed by atoms with Crippen LogP contribution in [0.2, 0.25) is 10.0 Å². The highest BCUT2D eigenvalue weighted by atomic mass is 35.5. The molecule has 6 nitrogen and oxygen atoms in total. The van der Waals surface area contributed by atoms with E-state index in [0.717, 1.165) is 30.1 Å². The van der Waals surface area contributed by atoms with E-state index in [2.05, 4.69) is 29.4 Å². The van der Waals surface area contributed by atoms with Crippen molar-refractivity contribution in [3.63, 3.8) is 0 Å². The van der Waals surface area contributed by atoms with Gasteiger partial charge >= 0.3 is 0 Å². The van der Waals surface area contributed by atoms with Gasteiger partial charge < -0.3 is 20.5 Å². The number of aromatic hydroxyl groups is 1.